The molecule has 1 aliphatic heterocycles. The van der Waals surface area contributed by atoms with E-state index in [0.717, 1.165) is 17.3 Å². The molecule has 3 heterocycles. The molecule has 0 spiro atoms. The van der Waals surface area contributed by atoms with Gasteiger partial charge in [0.2, 0.25) is 16.0 Å². The van der Waals surface area contributed by atoms with Crippen LogP contribution in [0.1, 0.15) is 11.3 Å². The van der Waals surface area contributed by atoms with Gasteiger partial charge in [-0.05, 0) is 12.1 Å². The highest BCUT2D eigenvalue weighted by molar-refractivity contribution is 7.89. The first kappa shape index (κ1) is 13.5. The number of fused-ring (bicyclic) bond motifs is 2. The van der Waals surface area contributed by atoms with Crippen LogP contribution in [0, 0.1) is 0 Å². The fraction of sp³-hybridized carbons (Fsp3) is 0.167. The van der Waals surface area contributed by atoms with Gasteiger partial charge < -0.3 is 5.73 Å². The lowest BCUT2D eigenvalue weighted by Crippen LogP contribution is -2.26. The average molecular weight is 334 g/mol. The highest BCUT2D eigenvalue weighted by atomic mass is 32.2. The molecular formula is C12H10N6O2S2. The van der Waals surface area contributed by atoms with Crippen LogP contribution in [-0.4, -0.2) is 31.4 Å². The summed E-state index contributed by atoms with van der Waals surface area (Å²) in [6, 6.07) is 4.95. The maximum Gasteiger partial charge on any atom is 0.246 e. The molecule has 0 fully saturated rings. The van der Waals surface area contributed by atoms with E-state index in [9.17, 15) is 8.42 Å². The van der Waals surface area contributed by atoms with Crippen molar-refractivity contribution in [3.05, 3.63) is 35.7 Å². The Labute approximate surface area is 130 Å². The summed E-state index contributed by atoms with van der Waals surface area (Å²) < 4.78 is 35.3. The molecule has 0 bridgehead atoms. The van der Waals surface area contributed by atoms with Crippen LogP contribution in [0.15, 0.2) is 29.3 Å². The molecule has 2 aromatic heterocycles. The second-order valence-electron chi connectivity index (χ2n) is 4.86. The van der Waals surface area contributed by atoms with E-state index in [2.05, 4.69) is 18.7 Å². The first-order valence-corrected chi connectivity index (χ1v) is 8.54. The molecule has 8 nitrogen and oxygen atoms in total. The lowest BCUT2D eigenvalue weighted by atomic mass is 10.3. The molecule has 3 aromatic rings. The second kappa shape index (κ2) is 4.66. The fourth-order valence-corrected chi connectivity index (χ4v) is 4.57. The van der Waals surface area contributed by atoms with Crippen LogP contribution in [0.3, 0.4) is 0 Å². The Kier molecular flexibility index (Phi) is 2.86. The molecule has 1 aromatic carbocycles. The Morgan fingerprint density at radius 2 is 2.09 bits per heavy atom. The van der Waals surface area contributed by atoms with Gasteiger partial charge in [0.25, 0.3) is 0 Å². The summed E-state index contributed by atoms with van der Waals surface area (Å²) in [7, 11) is -3.69. The molecule has 0 aliphatic carbocycles. The van der Waals surface area contributed by atoms with Gasteiger partial charge in [0.05, 0.1) is 24.0 Å². The molecule has 0 radical (unpaired) electrons. The Morgan fingerprint density at radius 1 is 1.23 bits per heavy atom. The van der Waals surface area contributed by atoms with Gasteiger partial charge in [-0.3, -0.25) is 0 Å². The van der Waals surface area contributed by atoms with Gasteiger partial charge in [-0.25, -0.2) is 18.4 Å². The molecule has 0 amide bonds. The maximum absolute atomic E-state index is 12.9. The van der Waals surface area contributed by atoms with Gasteiger partial charge in [0.1, 0.15) is 15.9 Å². The lowest BCUT2D eigenvalue weighted by Gasteiger charge is -2.15. The molecule has 112 valence electrons. The van der Waals surface area contributed by atoms with Gasteiger partial charge >= 0.3 is 0 Å². The van der Waals surface area contributed by atoms with E-state index in [4.69, 9.17) is 5.73 Å². The zero-order valence-electron chi connectivity index (χ0n) is 11.2. The van der Waals surface area contributed by atoms with Crippen LogP contribution >= 0.6 is 11.7 Å². The molecular weight excluding hydrogens is 324 g/mol. The normalized spacial score (nSPS) is 15.3. The SMILES string of the molecule is Nc1ncc2c(n1)CN(S(=O)(=O)c1cccc3nsnc13)C2. The number of nitrogen functional groups attached to an aromatic ring is 1. The monoisotopic (exact) mass is 334 g/mol. The number of rotatable bonds is 2. The third kappa shape index (κ3) is 1.95. The third-order valence-corrected chi connectivity index (χ3v) is 5.88. The predicted molar refractivity (Wildman–Crippen MR) is 80.3 cm³/mol. The fourth-order valence-electron chi connectivity index (χ4n) is 2.44. The van der Waals surface area contributed by atoms with E-state index in [1.165, 1.54) is 4.31 Å². The van der Waals surface area contributed by atoms with E-state index in [-0.39, 0.29) is 23.9 Å². The third-order valence-electron chi connectivity index (χ3n) is 3.51. The standard InChI is InChI=1S/C12H10N6O2S2/c13-12-14-4-7-5-18(6-9(7)15-12)22(19,20)10-3-1-2-8-11(10)17-21-16-8/h1-4H,5-6H2,(H2,13,14,15). The van der Waals surface area contributed by atoms with Crippen LogP contribution in [-0.2, 0) is 23.1 Å². The summed E-state index contributed by atoms with van der Waals surface area (Å²) in [5, 5.41) is 0. The minimum Gasteiger partial charge on any atom is -0.368 e. The zero-order valence-corrected chi connectivity index (χ0v) is 12.8. The molecule has 22 heavy (non-hydrogen) atoms. The molecule has 1 aliphatic rings. The van der Waals surface area contributed by atoms with E-state index >= 15 is 0 Å². The summed E-state index contributed by atoms with van der Waals surface area (Å²) in [5.41, 5.74) is 7.93. The van der Waals surface area contributed by atoms with E-state index in [0.29, 0.717) is 16.7 Å². The number of anilines is 1. The number of sulfonamides is 1. The highest BCUT2D eigenvalue weighted by Crippen LogP contribution is 2.30. The smallest absolute Gasteiger partial charge is 0.246 e. The lowest BCUT2D eigenvalue weighted by molar-refractivity contribution is 0.430. The van der Waals surface area contributed by atoms with Crippen molar-refractivity contribution < 1.29 is 8.42 Å². The average Bonchev–Trinajstić information content (AvgIpc) is 3.12. The Balaban J connectivity index is 1.78. The van der Waals surface area contributed by atoms with E-state index < -0.39 is 10.0 Å². The van der Waals surface area contributed by atoms with Gasteiger partial charge in [-0.1, -0.05) is 6.07 Å². The summed E-state index contributed by atoms with van der Waals surface area (Å²) in [6.45, 7) is 0.407. The van der Waals surface area contributed by atoms with Crippen LogP contribution in [0.2, 0.25) is 0 Å². The van der Waals surface area contributed by atoms with Crippen molar-refractivity contribution >= 4 is 38.7 Å². The number of hydrogen-bond donors (Lipinski definition) is 1. The first-order valence-electron chi connectivity index (χ1n) is 6.37. The molecule has 10 heteroatoms. The minimum absolute atomic E-state index is 0.142. The largest absolute Gasteiger partial charge is 0.368 e. The van der Waals surface area contributed by atoms with Crippen LogP contribution in [0.4, 0.5) is 5.95 Å². The van der Waals surface area contributed by atoms with Crippen molar-refractivity contribution in [3.63, 3.8) is 0 Å². The van der Waals surface area contributed by atoms with E-state index in [1.807, 2.05) is 0 Å². The number of benzene rings is 1. The molecule has 2 N–H and O–H groups in total. The number of nitrogens with two attached hydrogens (primary N) is 1. The maximum atomic E-state index is 12.9. The Hall–Kier alpha value is -2.17. The molecule has 0 saturated carbocycles. The topological polar surface area (TPSA) is 115 Å². The summed E-state index contributed by atoms with van der Waals surface area (Å²) in [4.78, 5) is 8.16. The number of hydrogen-bond acceptors (Lipinski definition) is 8. The van der Waals surface area contributed by atoms with Crippen molar-refractivity contribution in [2.45, 2.75) is 18.0 Å². The number of aromatic nitrogens is 4. The van der Waals surface area contributed by atoms with Crippen LogP contribution in [0.5, 0.6) is 0 Å². The first-order chi connectivity index (χ1) is 10.6. The predicted octanol–water partition coefficient (Wildman–Crippen LogP) is 0.768. The zero-order chi connectivity index (χ0) is 15.3. The van der Waals surface area contributed by atoms with Crippen molar-refractivity contribution in [2.75, 3.05) is 5.73 Å². The molecule has 0 unspecified atom stereocenters. The summed E-state index contributed by atoms with van der Waals surface area (Å²) in [6.07, 6.45) is 1.57. The molecule has 4 rings (SSSR count). The Morgan fingerprint density at radius 3 is 2.95 bits per heavy atom. The van der Waals surface area contributed by atoms with Gasteiger partial charge in [-0.15, -0.1) is 0 Å². The van der Waals surface area contributed by atoms with Crippen molar-refractivity contribution in [2.24, 2.45) is 0 Å². The molecule has 0 atom stereocenters. The van der Waals surface area contributed by atoms with Crippen molar-refractivity contribution in [1.29, 1.82) is 0 Å². The van der Waals surface area contributed by atoms with Gasteiger partial charge in [-0.2, -0.15) is 13.1 Å². The number of nitrogens with zero attached hydrogens (tertiary/aromatic N) is 5. The Bertz CT molecular complexity index is 984. The minimum atomic E-state index is -3.69. The highest BCUT2D eigenvalue weighted by Gasteiger charge is 2.33. The van der Waals surface area contributed by atoms with Crippen molar-refractivity contribution in [3.8, 4) is 0 Å². The van der Waals surface area contributed by atoms with Crippen LogP contribution < -0.4 is 5.73 Å². The quantitative estimate of drug-likeness (QED) is 0.736. The summed E-state index contributed by atoms with van der Waals surface area (Å²) >= 11 is 0.993. The van der Waals surface area contributed by atoms with Crippen molar-refractivity contribution in [1.82, 2.24) is 23.0 Å². The van der Waals surface area contributed by atoms with Gasteiger partial charge in [0, 0.05) is 18.3 Å². The molecule has 0 saturated heterocycles. The van der Waals surface area contributed by atoms with E-state index in [1.54, 1.807) is 24.4 Å². The summed E-state index contributed by atoms with van der Waals surface area (Å²) in [5.74, 6) is 0.142. The second-order valence-corrected chi connectivity index (χ2v) is 7.30. The van der Waals surface area contributed by atoms with Gasteiger partial charge in [0.15, 0.2) is 0 Å². The van der Waals surface area contributed by atoms with Crippen LogP contribution in [0.25, 0.3) is 11.0 Å².